The molecule has 0 spiro atoms. The van der Waals surface area contributed by atoms with Gasteiger partial charge in [0.05, 0.1) is 17.6 Å². The van der Waals surface area contributed by atoms with Crippen LogP contribution in [-0.4, -0.2) is 21.1 Å². The van der Waals surface area contributed by atoms with Gasteiger partial charge in [0.2, 0.25) is 0 Å². The Bertz CT molecular complexity index is 1190. The maximum absolute atomic E-state index is 14.9. The van der Waals surface area contributed by atoms with Gasteiger partial charge in [0.1, 0.15) is 5.69 Å². The molecule has 1 heterocycles. The summed E-state index contributed by atoms with van der Waals surface area (Å²) in [5.41, 5.74) is 0.620. The van der Waals surface area contributed by atoms with Crippen LogP contribution < -0.4 is 0 Å². The molecule has 33 heavy (non-hydrogen) atoms. The third-order valence-electron chi connectivity index (χ3n) is 6.38. The van der Waals surface area contributed by atoms with Gasteiger partial charge in [-0.1, -0.05) is 48.5 Å². The van der Waals surface area contributed by atoms with Gasteiger partial charge in [-0.3, -0.25) is 4.68 Å². The van der Waals surface area contributed by atoms with Gasteiger partial charge in [-0.15, -0.1) is 0 Å². The maximum Gasteiger partial charge on any atom is 0.397 e. The van der Waals surface area contributed by atoms with Crippen molar-refractivity contribution in [2.45, 2.75) is 57.3 Å². The van der Waals surface area contributed by atoms with Gasteiger partial charge in [0.25, 0.3) is 0 Å². The Labute approximate surface area is 190 Å². The standard InChI is InChI=1S/C26H26F4N2O/c1-17-13-23(31-32(17)16-19-5-4-6-21(14-19)25(33)11-12-25)22(27)15-18-7-9-20(10-8-18)24(2,3)26(28,29)30/h4-10,13-15,33H,11-12,16H2,1-3H3. The monoisotopic (exact) mass is 458 g/mol. The SMILES string of the molecule is Cc1cc(C(F)=Cc2ccc(C(C)(C)C(F)(F)F)cc2)nn1Cc1cccc(C2(O)CC2)c1. The molecule has 174 valence electrons. The summed E-state index contributed by atoms with van der Waals surface area (Å²) in [5, 5.41) is 14.7. The minimum Gasteiger partial charge on any atom is -0.385 e. The molecule has 3 nitrogen and oxygen atoms in total. The van der Waals surface area contributed by atoms with Crippen molar-refractivity contribution in [1.82, 2.24) is 9.78 Å². The molecule has 1 fully saturated rings. The molecule has 0 bridgehead atoms. The van der Waals surface area contributed by atoms with Crippen LogP contribution in [0.1, 0.15) is 60.3 Å². The molecule has 1 N–H and O–H groups in total. The van der Waals surface area contributed by atoms with Gasteiger partial charge in [-0.25, -0.2) is 4.39 Å². The largest absolute Gasteiger partial charge is 0.397 e. The van der Waals surface area contributed by atoms with Crippen LogP contribution in [0.2, 0.25) is 0 Å². The molecule has 0 aliphatic heterocycles. The Morgan fingerprint density at radius 1 is 1.09 bits per heavy atom. The second kappa shape index (κ2) is 8.13. The van der Waals surface area contributed by atoms with Crippen molar-refractivity contribution in [1.29, 1.82) is 0 Å². The summed E-state index contributed by atoms with van der Waals surface area (Å²) in [4.78, 5) is 0. The number of nitrogens with zero attached hydrogens (tertiary/aromatic N) is 2. The highest BCUT2D eigenvalue weighted by Crippen LogP contribution is 2.45. The van der Waals surface area contributed by atoms with Gasteiger partial charge in [-0.05, 0) is 68.0 Å². The lowest BCUT2D eigenvalue weighted by atomic mass is 9.83. The Kier molecular flexibility index (Phi) is 5.73. The molecule has 1 aliphatic rings. The number of rotatable bonds is 6. The van der Waals surface area contributed by atoms with Crippen LogP contribution in [0.15, 0.2) is 54.6 Å². The van der Waals surface area contributed by atoms with Crippen molar-refractivity contribution < 1.29 is 22.7 Å². The molecule has 1 aromatic heterocycles. The zero-order chi connectivity index (χ0) is 24.0. The summed E-state index contributed by atoms with van der Waals surface area (Å²) in [6.45, 7) is 4.50. The Hall–Kier alpha value is -2.93. The number of aryl methyl sites for hydroxylation is 1. The number of aliphatic hydroxyl groups is 1. The minimum absolute atomic E-state index is 0.116. The van der Waals surface area contributed by atoms with Gasteiger partial charge in [0.15, 0.2) is 5.83 Å². The molecule has 0 unspecified atom stereocenters. The van der Waals surface area contributed by atoms with Crippen molar-refractivity contribution in [3.8, 4) is 0 Å². The van der Waals surface area contributed by atoms with E-state index in [-0.39, 0.29) is 11.3 Å². The van der Waals surface area contributed by atoms with Crippen molar-refractivity contribution >= 4 is 11.9 Å². The minimum atomic E-state index is -4.38. The van der Waals surface area contributed by atoms with Gasteiger partial charge in [-0.2, -0.15) is 18.3 Å². The molecule has 4 rings (SSSR count). The molecule has 3 aromatic rings. The van der Waals surface area contributed by atoms with E-state index in [2.05, 4.69) is 5.10 Å². The molecule has 7 heteroatoms. The number of alkyl halides is 3. The average molecular weight is 458 g/mol. The van der Waals surface area contributed by atoms with Crippen molar-refractivity contribution in [2.24, 2.45) is 0 Å². The first-order chi connectivity index (χ1) is 15.4. The molecule has 0 atom stereocenters. The maximum atomic E-state index is 14.9. The number of hydrogen-bond acceptors (Lipinski definition) is 2. The van der Waals surface area contributed by atoms with E-state index in [9.17, 15) is 22.7 Å². The van der Waals surface area contributed by atoms with E-state index in [1.54, 1.807) is 10.7 Å². The highest BCUT2D eigenvalue weighted by Gasteiger charge is 2.48. The fourth-order valence-electron chi connectivity index (χ4n) is 3.71. The van der Waals surface area contributed by atoms with Crippen molar-refractivity contribution in [3.05, 3.63) is 88.2 Å². The summed E-state index contributed by atoms with van der Waals surface area (Å²) >= 11 is 0. The zero-order valence-electron chi connectivity index (χ0n) is 18.7. The lowest BCUT2D eigenvalue weighted by molar-refractivity contribution is -0.180. The van der Waals surface area contributed by atoms with Crippen molar-refractivity contribution in [3.63, 3.8) is 0 Å². The quantitative estimate of drug-likeness (QED) is 0.427. The smallest absolute Gasteiger partial charge is 0.385 e. The Balaban J connectivity index is 1.52. The predicted octanol–water partition coefficient (Wildman–Crippen LogP) is 6.53. The predicted molar refractivity (Wildman–Crippen MR) is 120 cm³/mol. The van der Waals surface area contributed by atoms with Gasteiger partial charge < -0.3 is 5.11 Å². The number of hydrogen-bond donors (Lipinski definition) is 1. The molecule has 2 aromatic carbocycles. The number of halogens is 4. The third-order valence-corrected chi connectivity index (χ3v) is 6.38. The average Bonchev–Trinajstić information content (AvgIpc) is 3.40. The zero-order valence-corrected chi connectivity index (χ0v) is 18.7. The van der Waals surface area contributed by atoms with Crippen LogP contribution in [0.4, 0.5) is 17.6 Å². The van der Waals surface area contributed by atoms with E-state index in [1.165, 1.54) is 30.3 Å². The van der Waals surface area contributed by atoms with E-state index in [0.717, 1.165) is 43.5 Å². The summed E-state index contributed by atoms with van der Waals surface area (Å²) < 4.78 is 56.3. The van der Waals surface area contributed by atoms with Crippen LogP contribution in [0.25, 0.3) is 11.9 Å². The fourth-order valence-corrected chi connectivity index (χ4v) is 3.71. The van der Waals surface area contributed by atoms with E-state index in [4.69, 9.17) is 0 Å². The molecule has 1 aliphatic carbocycles. The second-order valence-corrected chi connectivity index (χ2v) is 9.30. The molecule has 1 saturated carbocycles. The molecular formula is C26H26F4N2O. The summed E-state index contributed by atoms with van der Waals surface area (Å²) in [6.07, 6.45) is -1.60. The van der Waals surface area contributed by atoms with Crippen molar-refractivity contribution in [2.75, 3.05) is 0 Å². The molecular weight excluding hydrogens is 432 g/mol. The number of benzene rings is 2. The Morgan fingerprint density at radius 3 is 2.36 bits per heavy atom. The van der Waals surface area contributed by atoms with Gasteiger partial charge in [0, 0.05) is 5.69 Å². The first kappa shape index (κ1) is 23.2. The Morgan fingerprint density at radius 2 is 1.76 bits per heavy atom. The van der Waals surface area contributed by atoms with E-state index in [1.807, 2.05) is 31.2 Å². The van der Waals surface area contributed by atoms with E-state index >= 15 is 0 Å². The molecule has 0 saturated heterocycles. The summed E-state index contributed by atoms with van der Waals surface area (Å²) in [6, 6.07) is 15.0. The third kappa shape index (κ3) is 4.74. The molecule has 0 amide bonds. The van der Waals surface area contributed by atoms with Crippen LogP contribution in [0.5, 0.6) is 0 Å². The van der Waals surface area contributed by atoms with Crippen LogP contribution in [0, 0.1) is 6.92 Å². The molecule has 0 radical (unpaired) electrons. The first-order valence-corrected chi connectivity index (χ1v) is 10.8. The lowest BCUT2D eigenvalue weighted by Crippen LogP contribution is -2.36. The van der Waals surface area contributed by atoms with E-state index in [0.29, 0.717) is 12.1 Å². The van der Waals surface area contributed by atoms with Crippen LogP contribution >= 0.6 is 0 Å². The van der Waals surface area contributed by atoms with Gasteiger partial charge >= 0.3 is 6.18 Å². The van der Waals surface area contributed by atoms with E-state index < -0.39 is 23.0 Å². The highest BCUT2D eigenvalue weighted by atomic mass is 19.4. The normalized spacial score (nSPS) is 16.2. The van der Waals surface area contributed by atoms with Crippen LogP contribution in [-0.2, 0) is 17.6 Å². The lowest BCUT2D eigenvalue weighted by Gasteiger charge is -2.28. The first-order valence-electron chi connectivity index (χ1n) is 10.8. The summed E-state index contributed by atoms with van der Waals surface area (Å²) in [5.74, 6) is -0.569. The highest BCUT2D eigenvalue weighted by molar-refractivity contribution is 5.75. The topological polar surface area (TPSA) is 38.0 Å². The second-order valence-electron chi connectivity index (χ2n) is 9.30. The fraction of sp³-hybridized carbons (Fsp3) is 0.346. The summed E-state index contributed by atoms with van der Waals surface area (Å²) in [7, 11) is 0. The number of aromatic nitrogens is 2. The van der Waals surface area contributed by atoms with Crippen LogP contribution in [0.3, 0.4) is 0 Å².